The Balaban J connectivity index is 2.18. The number of methoxy groups -OCH3 is 1. The zero-order valence-corrected chi connectivity index (χ0v) is 18.8. The van der Waals surface area contributed by atoms with Crippen LogP contribution in [0.2, 0.25) is 5.02 Å². The summed E-state index contributed by atoms with van der Waals surface area (Å²) in [6.45, 7) is 1.89. The van der Waals surface area contributed by atoms with Gasteiger partial charge in [0.25, 0.3) is 0 Å². The van der Waals surface area contributed by atoms with Gasteiger partial charge in [0.15, 0.2) is 0 Å². The number of nitrogens with zero attached hydrogens (tertiary/aromatic N) is 3. The summed E-state index contributed by atoms with van der Waals surface area (Å²) < 4.78 is 7.70. The lowest BCUT2D eigenvalue weighted by molar-refractivity contribution is -0.132. The Morgan fingerprint density at radius 2 is 1.97 bits per heavy atom. The molecule has 1 amide bonds. The van der Waals surface area contributed by atoms with Gasteiger partial charge < -0.3 is 9.64 Å². The summed E-state index contributed by atoms with van der Waals surface area (Å²) >= 11 is 6.03. The van der Waals surface area contributed by atoms with Crippen LogP contribution < -0.4 is 5.48 Å². The minimum absolute atomic E-state index is 0.0548. The van der Waals surface area contributed by atoms with Gasteiger partial charge in [-0.05, 0) is 63.7 Å². The normalized spacial score (nSPS) is 13.4. The predicted octanol–water partition coefficient (Wildman–Crippen LogP) is 3.51. The summed E-state index contributed by atoms with van der Waals surface area (Å²) in [6.07, 6.45) is 5.42. The number of hydroxylamine groups is 1. The Labute approximate surface area is 183 Å². The lowest BCUT2D eigenvalue weighted by Gasteiger charge is -2.26. The van der Waals surface area contributed by atoms with Gasteiger partial charge in [0.1, 0.15) is 0 Å². The van der Waals surface area contributed by atoms with E-state index in [2.05, 4.69) is 24.1 Å². The van der Waals surface area contributed by atoms with Gasteiger partial charge in [0, 0.05) is 36.5 Å². The standard InChI is InChI=1S/C22H33ClN4O3/c1-26(2)13-5-4-6-14-27-20(11-12-24-27)19(21(30-3)16-22(28)25-29)15-17-7-9-18(23)10-8-17/h7-12,19,21,29H,4-6,13-16H2,1-3H3,(H,25,28). The van der Waals surface area contributed by atoms with Crippen LogP contribution in [-0.4, -0.2) is 59.6 Å². The third-order valence-corrected chi connectivity index (χ3v) is 5.49. The average molecular weight is 437 g/mol. The number of amides is 1. The molecule has 1 aromatic carbocycles. The van der Waals surface area contributed by atoms with E-state index >= 15 is 0 Å². The SMILES string of the molecule is COC(CC(=O)NO)C(Cc1ccc(Cl)cc1)c1ccnn1CCCCCN(C)C. The van der Waals surface area contributed by atoms with Crippen molar-refractivity contribution >= 4 is 17.5 Å². The fraction of sp³-hybridized carbons (Fsp3) is 0.545. The third-order valence-electron chi connectivity index (χ3n) is 5.24. The predicted molar refractivity (Wildman–Crippen MR) is 118 cm³/mol. The molecule has 7 nitrogen and oxygen atoms in total. The topological polar surface area (TPSA) is 79.6 Å². The molecular weight excluding hydrogens is 404 g/mol. The van der Waals surface area contributed by atoms with Gasteiger partial charge in [0.2, 0.25) is 5.91 Å². The highest BCUT2D eigenvalue weighted by molar-refractivity contribution is 6.30. The number of aromatic nitrogens is 2. The maximum absolute atomic E-state index is 11.9. The van der Waals surface area contributed by atoms with E-state index in [9.17, 15) is 4.79 Å². The van der Waals surface area contributed by atoms with Crippen LogP contribution >= 0.6 is 11.6 Å². The van der Waals surface area contributed by atoms with Gasteiger partial charge in [-0.2, -0.15) is 5.10 Å². The maximum Gasteiger partial charge on any atom is 0.245 e. The van der Waals surface area contributed by atoms with Crippen molar-refractivity contribution in [1.82, 2.24) is 20.2 Å². The fourth-order valence-corrected chi connectivity index (χ4v) is 3.76. The maximum atomic E-state index is 11.9. The third kappa shape index (κ3) is 7.72. The Kier molecular flexibility index (Phi) is 10.3. The lowest BCUT2D eigenvalue weighted by atomic mass is 9.89. The Morgan fingerprint density at radius 3 is 2.60 bits per heavy atom. The van der Waals surface area contributed by atoms with E-state index in [1.54, 1.807) is 18.8 Å². The molecule has 30 heavy (non-hydrogen) atoms. The number of halogens is 1. The van der Waals surface area contributed by atoms with Gasteiger partial charge in [-0.25, -0.2) is 5.48 Å². The highest BCUT2D eigenvalue weighted by atomic mass is 35.5. The number of aryl methyl sites for hydroxylation is 1. The average Bonchev–Trinajstić information content (AvgIpc) is 3.19. The number of unbranched alkanes of at least 4 members (excludes halogenated alkanes) is 2. The molecule has 2 unspecified atom stereocenters. The molecule has 0 bridgehead atoms. The minimum atomic E-state index is -0.474. The fourth-order valence-electron chi connectivity index (χ4n) is 3.63. The van der Waals surface area contributed by atoms with Crippen molar-refractivity contribution in [3.8, 4) is 0 Å². The number of hydrogen-bond acceptors (Lipinski definition) is 5. The van der Waals surface area contributed by atoms with E-state index in [4.69, 9.17) is 21.5 Å². The molecule has 166 valence electrons. The minimum Gasteiger partial charge on any atom is -0.380 e. The number of carbonyl (C=O) groups excluding carboxylic acids is 1. The second-order valence-corrected chi connectivity index (χ2v) is 8.23. The zero-order valence-electron chi connectivity index (χ0n) is 18.1. The van der Waals surface area contributed by atoms with Crippen LogP contribution in [0.1, 0.15) is 42.9 Å². The van der Waals surface area contributed by atoms with Gasteiger partial charge >= 0.3 is 0 Å². The second kappa shape index (κ2) is 12.7. The first-order chi connectivity index (χ1) is 14.4. The number of nitrogens with one attached hydrogen (secondary N) is 1. The number of benzene rings is 1. The molecule has 1 aromatic heterocycles. The van der Waals surface area contributed by atoms with E-state index in [1.807, 2.05) is 35.0 Å². The van der Waals surface area contributed by atoms with Crippen LogP contribution in [0.3, 0.4) is 0 Å². The molecule has 0 aliphatic heterocycles. The summed E-state index contributed by atoms with van der Waals surface area (Å²) in [7, 11) is 5.76. The van der Waals surface area contributed by atoms with E-state index in [0.29, 0.717) is 11.4 Å². The first kappa shape index (κ1) is 24.3. The number of rotatable bonds is 13. The van der Waals surface area contributed by atoms with Crippen molar-refractivity contribution in [3.05, 3.63) is 52.8 Å². The molecule has 2 atom stereocenters. The van der Waals surface area contributed by atoms with Crippen LogP contribution in [0, 0.1) is 0 Å². The number of carbonyl (C=O) groups is 1. The van der Waals surface area contributed by atoms with Crippen LogP contribution in [0.15, 0.2) is 36.5 Å². The molecule has 0 spiro atoms. The molecule has 0 saturated carbocycles. The quantitative estimate of drug-likeness (QED) is 0.285. The first-order valence-corrected chi connectivity index (χ1v) is 10.7. The Bertz CT molecular complexity index is 764. The van der Waals surface area contributed by atoms with Crippen molar-refractivity contribution in [1.29, 1.82) is 0 Å². The van der Waals surface area contributed by atoms with Crippen molar-refractivity contribution < 1.29 is 14.7 Å². The van der Waals surface area contributed by atoms with Crippen molar-refractivity contribution in [2.45, 2.75) is 50.7 Å². The summed E-state index contributed by atoms with van der Waals surface area (Å²) in [4.78, 5) is 14.0. The second-order valence-electron chi connectivity index (χ2n) is 7.79. The van der Waals surface area contributed by atoms with Crippen LogP contribution in [0.5, 0.6) is 0 Å². The van der Waals surface area contributed by atoms with E-state index in [1.165, 1.54) is 0 Å². The lowest BCUT2D eigenvalue weighted by Crippen LogP contribution is -2.32. The van der Waals surface area contributed by atoms with Gasteiger partial charge in [-0.15, -0.1) is 0 Å². The number of ether oxygens (including phenoxy) is 1. The summed E-state index contributed by atoms with van der Waals surface area (Å²) in [5.41, 5.74) is 3.83. The molecule has 0 fully saturated rings. The van der Waals surface area contributed by atoms with Crippen molar-refractivity contribution in [2.24, 2.45) is 0 Å². The van der Waals surface area contributed by atoms with Crippen molar-refractivity contribution in [3.63, 3.8) is 0 Å². The van der Waals surface area contributed by atoms with Gasteiger partial charge in [-0.3, -0.25) is 14.7 Å². The van der Waals surface area contributed by atoms with Crippen LogP contribution in [-0.2, 0) is 22.5 Å². The summed E-state index contributed by atoms with van der Waals surface area (Å²) in [6, 6.07) is 9.67. The monoisotopic (exact) mass is 436 g/mol. The van der Waals surface area contributed by atoms with E-state index in [0.717, 1.165) is 43.6 Å². The molecule has 0 aliphatic rings. The first-order valence-electron chi connectivity index (χ1n) is 10.3. The molecule has 0 aliphatic carbocycles. The van der Waals surface area contributed by atoms with Crippen molar-refractivity contribution in [2.75, 3.05) is 27.7 Å². The molecule has 0 saturated heterocycles. The molecule has 8 heteroatoms. The Hall–Kier alpha value is -1.93. The largest absolute Gasteiger partial charge is 0.380 e. The number of hydrogen-bond donors (Lipinski definition) is 2. The van der Waals surface area contributed by atoms with E-state index < -0.39 is 12.0 Å². The highest BCUT2D eigenvalue weighted by Crippen LogP contribution is 2.29. The smallest absolute Gasteiger partial charge is 0.245 e. The molecule has 2 N–H and O–H groups in total. The van der Waals surface area contributed by atoms with Crippen LogP contribution in [0.4, 0.5) is 0 Å². The van der Waals surface area contributed by atoms with Crippen LogP contribution in [0.25, 0.3) is 0 Å². The van der Waals surface area contributed by atoms with Gasteiger partial charge in [0.05, 0.1) is 12.5 Å². The molecule has 0 radical (unpaired) electrons. The van der Waals surface area contributed by atoms with E-state index in [-0.39, 0.29) is 12.3 Å². The molecule has 2 rings (SSSR count). The Morgan fingerprint density at radius 1 is 1.23 bits per heavy atom. The molecular formula is C22H33ClN4O3. The molecule has 1 heterocycles. The summed E-state index contributed by atoms with van der Waals surface area (Å²) in [5, 5.41) is 14.2. The van der Waals surface area contributed by atoms with Gasteiger partial charge in [-0.1, -0.05) is 30.2 Å². The highest BCUT2D eigenvalue weighted by Gasteiger charge is 2.28. The zero-order chi connectivity index (χ0) is 21.9. The molecule has 2 aromatic rings. The summed E-state index contributed by atoms with van der Waals surface area (Å²) in [5.74, 6) is -0.574.